The first-order chi connectivity index (χ1) is 8.31. The smallest absolute Gasteiger partial charge is 0.229 e. The van der Waals surface area contributed by atoms with Gasteiger partial charge in [-0.2, -0.15) is 0 Å². The van der Waals surface area contributed by atoms with Crippen molar-refractivity contribution in [2.75, 3.05) is 5.32 Å². The molecule has 17 heavy (non-hydrogen) atoms. The van der Waals surface area contributed by atoms with E-state index in [0.717, 1.165) is 36.6 Å². The van der Waals surface area contributed by atoms with Gasteiger partial charge in [0, 0.05) is 12.3 Å². The summed E-state index contributed by atoms with van der Waals surface area (Å²) in [4.78, 5) is 11.9. The van der Waals surface area contributed by atoms with Gasteiger partial charge in [0.2, 0.25) is 11.0 Å². The molecular weight excluding hydrogens is 234 g/mol. The number of carbonyl (C=O) groups is 1. The zero-order valence-electron chi connectivity index (χ0n) is 9.69. The maximum atomic E-state index is 11.9. The predicted octanol–water partition coefficient (Wildman–Crippen LogP) is 2.43. The fourth-order valence-electron chi connectivity index (χ4n) is 2.17. The van der Waals surface area contributed by atoms with Crippen molar-refractivity contribution in [3.05, 3.63) is 11.4 Å². The maximum Gasteiger partial charge on any atom is 0.229 e. The first-order valence-electron chi connectivity index (χ1n) is 6.28. The van der Waals surface area contributed by atoms with Crippen LogP contribution in [0.2, 0.25) is 0 Å². The molecule has 1 atom stereocenters. The topological polar surface area (TPSA) is 54.9 Å². The Morgan fingerprint density at radius 3 is 3.00 bits per heavy atom. The van der Waals surface area contributed by atoms with Gasteiger partial charge in [-0.05, 0) is 38.0 Å². The van der Waals surface area contributed by atoms with Crippen LogP contribution in [0, 0.1) is 18.3 Å². The Balaban J connectivity index is 1.56. The molecule has 1 aromatic rings. The number of rotatable bonds is 4. The quantitative estimate of drug-likeness (QED) is 0.893. The lowest BCUT2D eigenvalue weighted by Gasteiger charge is -2.06. The Labute approximate surface area is 105 Å². The van der Waals surface area contributed by atoms with Gasteiger partial charge >= 0.3 is 0 Å². The van der Waals surface area contributed by atoms with Crippen molar-refractivity contribution in [2.45, 2.75) is 38.5 Å². The minimum Gasteiger partial charge on any atom is -0.300 e. The normalized spacial score (nSPS) is 20.7. The number of carbonyl (C=O) groups excluding carboxylic acids is 1. The fraction of sp³-hybridized carbons (Fsp3) is 0.667. The largest absolute Gasteiger partial charge is 0.300 e. The second-order valence-corrected chi connectivity index (χ2v) is 5.97. The molecule has 4 nitrogen and oxygen atoms in total. The monoisotopic (exact) mass is 250 g/mol. The highest BCUT2D eigenvalue weighted by Gasteiger charge is 2.25. The summed E-state index contributed by atoms with van der Waals surface area (Å²) in [6, 6.07) is 0. The van der Waals surface area contributed by atoms with E-state index >= 15 is 0 Å². The Morgan fingerprint density at radius 1 is 1.41 bits per heavy atom. The molecule has 2 aliphatic rings. The average Bonchev–Trinajstić information content (AvgIpc) is 2.83. The molecule has 0 aromatic carbocycles. The highest BCUT2D eigenvalue weighted by atomic mass is 32.1. The van der Waals surface area contributed by atoms with Crippen LogP contribution >= 0.6 is 11.3 Å². The van der Waals surface area contributed by atoms with Crippen LogP contribution in [0.4, 0.5) is 5.13 Å². The van der Waals surface area contributed by atoms with Crippen LogP contribution in [0.1, 0.15) is 37.1 Å². The molecule has 1 N–H and O–H groups in total. The van der Waals surface area contributed by atoms with Crippen molar-refractivity contribution in [3.8, 4) is 0 Å². The van der Waals surface area contributed by atoms with Crippen LogP contribution in [0.25, 0.3) is 0 Å². The Morgan fingerprint density at radius 2 is 2.29 bits per heavy atom. The highest BCUT2D eigenvalue weighted by Crippen LogP contribution is 2.34. The molecule has 1 radical (unpaired) electrons. The Bertz CT molecular complexity index is 408. The molecule has 1 unspecified atom stereocenters. The lowest BCUT2D eigenvalue weighted by molar-refractivity contribution is -0.118. The van der Waals surface area contributed by atoms with Gasteiger partial charge in [-0.15, -0.1) is 10.2 Å². The number of nitrogens with one attached hydrogen (secondary N) is 1. The number of anilines is 1. The van der Waals surface area contributed by atoms with Gasteiger partial charge in [0.25, 0.3) is 0 Å². The summed E-state index contributed by atoms with van der Waals surface area (Å²) in [5.74, 6) is 0.970. The third kappa shape index (κ3) is 2.83. The summed E-state index contributed by atoms with van der Waals surface area (Å²) in [7, 11) is 0. The van der Waals surface area contributed by atoms with E-state index in [2.05, 4.69) is 21.9 Å². The molecule has 3 rings (SSSR count). The Kier molecular flexibility index (Phi) is 3.09. The van der Waals surface area contributed by atoms with Gasteiger partial charge in [0.15, 0.2) is 0 Å². The lowest BCUT2D eigenvalue weighted by Crippen LogP contribution is -2.20. The molecule has 1 aromatic heterocycles. The summed E-state index contributed by atoms with van der Waals surface area (Å²) < 4.78 is 0. The number of nitrogens with zero attached hydrogens (tertiary/aromatic N) is 2. The van der Waals surface area contributed by atoms with Crippen LogP contribution in [-0.2, 0) is 11.2 Å². The highest BCUT2D eigenvalue weighted by molar-refractivity contribution is 7.15. The van der Waals surface area contributed by atoms with Crippen LogP contribution in [0.3, 0.4) is 0 Å². The summed E-state index contributed by atoms with van der Waals surface area (Å²) in [6.45, 7) is 0. The standard InChI is InChI=1S/C12H16N3OS/c16-11(9-3-1-2-4-9)13-12-15-14-10(17-12)7-8-5-6-8/h3,8-9H,1-2,4-7H2,(H,13,15,16). The van der Waals surface area contributed by atoms with Crippen molar-refractivity contribution >= 4 is 22.4 Å². The van der Waals surface area contributed by atoms with E-state index < -0.39 is 0 Å². The maximum absolute atomic E-state index is 11.9. The van der Waals surface area contributed by atoms with E-state index in [4.69, 9.17) is 0 Å². The number of amides is 1. The summed E-state index contributed by atoms with van der Waals surface area (Å²) in [6.07, 6.45) is 8.92. The molecule has 0 aliphatic heterocycles. The van der Waals surface area contributed by atoms with Gasteiger partial charge in [0.05, 0.1) is 0 Å². The van der Waals surface area contributed by atoms with Gasteiger partial charge in [-0.1, -0.05) is 17.8 Å². The Hall–Kier alpha value is -0.970. The molecule has 2 fully saturated rings. The van der Waals surface area contributed by atoms with Crippen molar-refractivity contribution in [1.29, 1.82) is 0 Å². The zero-order valence-corrected chi connectivity index (χ0v) is 10.5. The number of hydrogen-bond acceptors (Lipinski definition) is 4. The third-order valence-electron chi connectivity index (χ3n) is 3.36. The van der Waals surface area contributed by atoms with E-state index in [-0.39, 0.29) is 11.8 Å². The molecule has 2 aliphatic carbocycles. The molecule has 0 bridgehead atoms. The van der Waals surface area contributed by atoms with Crippen molar-refractivity contribution in [3.63, 3.8) is 0 Å². The van der Waals surface area contributed by atoms with Gasteiger partial charge in [-0.3, -0.25) is 4.79 Å². The SMILES string of the molecule is O=C(Nc1nnc(CC2CC2)s1)C1[CH]CCC1. The summed E-state index contributed by atoms with van der Waals surface area (Å²) in [5.41, 5.74) is 0. The second kappa shape index (κ2) is 4.72. The predicted molar refractivity (Wildman–Crippen MR) is 66.6 cm³/mol. The minimum atomic E-state index is 0.0748. The number of hydrogen-bond donors (Lipinski definition) is 1. The molecule has 1 amide bonds. The zero-order chi connectivity index (χ0) is 11.7. The van der Waals surface area contributed by atoms with E-state index in [1.54, 1.807) is 0 Å². The molecular formula is C12H16N3OS. The van der Waals surface area contributed by atoms with Gasteiger partial charge < -0.3 is 5.32 Å². The lowest BCUT2D eigenvalue weighted by atomic mass is 10.1. The summed E-state index contributed by atoms with van der Waals surface area (Å²) in [5, 5.41) is 12.7. The molecule has 0 spiro atoms. The molecule has 91 valence electrons. The first-order valence-corrected chi connectivity index (χ1v) is 7.09. The second-order valence-electron chi connectivity index (χ2n) is 4.91. The van der Waals surface area contributed by atoms with E-state index in [0.29, 0.717) is 5.13 Å². The molecule has 1 heterocycles. The van der Waals surface area contributed by atoms with Crippen molar-refractivity contribution in [1.82, 2.24) is 10.2 Å². The van der Waals surface area contributed by atoms with Gasteiger partial charge in [-0.25, -0.2) is 0 Å². The van der Waals surface area contributed by atoms with Gasteiger partial charge in [0.1, 0.15) is 5.01 Å². The minimum absolute atomic E-state index is 0.0748. The van der Waals surface area contributed by atoms with E-state index in [9.17, 15) is 4.79 Å². The third-order valence-corrected chi connectivity index (χ3v) is 4.23. The van der Waals surface area contributed by atoms with E-state index in [1.165, 1.54) is 24.2 Å². The number of aromatic nitrogens is 2. The van der Waals surface area contributed by atoms with Crippen LogP contribution < -0.4 is 5.32 Å². The van der Waals surface area contributed by atoms with E-state index in [1.807, 2.05) is 0 Å². The molecule has 2 saturated carbocycles. The van der Waals surface area contributed by atoms with Crippen LogP contribution in [-0.4, -0.2) is 16.1 Å². The van der Waals surface area contributed by atoms with Crippen LogP contribution in [0.15, 0.2) is 0 Å². The molecule has 5 heteroatoms. The fourth-order valence-corrected chi connectivity index (χ4v) is 3.02. The van der Waals surface area contributed by atoms with Crippen molar-refractivity contribution in [2.24, 2.45) is 11.8 Å². The summed E-state index contributed by atoms with van der Waals surface area (Å²) >= 11 is 1.52. The van der Waals surface area contributed by atoms with Crippen LogP contribution in [0.5, 0.6) is 0 Å². The molecule has 0 saturated heterocycles. The first kappa shape index (κ1) is 11.1. The average molecular weight is 250 g/mol. The van der Waals surface area contributed by atoms with Crippen molar-refractivity contribution < 1.29 is 4.79 Å².